The van der Waals surface area contributed by atoms with Gasteiger partial charge in [-0.2, -0.15) is 0 Å². The molecule has 27 heavy (non-hydrogen) atoms. The maximum absolute atomic E-state index is 6.29. The van der Waals surface area contributed by atoms with Gasteiger partial charge in [0.15, 0.2) is 0 Å². The van der Waals surface area contributed by atoms with Crippen LogP contribution in [0.2, 0.25) is 0 Å². The predicted molar refractivity (Wildman–Crippen MR) is 114 cm³/mol. The lowest BCUT2D eigenvalue weighted by molar-refractivity contribution is 0.274. The van der Waals surface area contributed by atoms with Gasteiger partial charge < -0.3 is 14.5 Å². The van der Waals surface area contributed by atoms with Crippen LogP contribution in [0.5, 0.6) is 5.75 Å². The van der Waals surface area contributed by atoms with Crippen LogP contribution >= 0.6 is 0 Å². The second kappa shape index (κ2) is 7.84. The Kier molecular flexibility index (Phi) is 5.29. The Balaban J connectivity index is 1.57. The summed E-state index contributed by atoms with van der Waals surface area (Å²) in [6.07, 6.45) is 5.08. The molecule has 0 radical (unpaired) electrons. The molecule has 2 aromatic rings. The van der Waals surface area contributed by atoms with Gasteiger partial charge in [-0.15, -0.1) is 0 Å². The number of anilines is 2. The fourth-order valence-corrected chi connectivity index (χ4v) is 4.14. The Morgan fingerprint density at radius 3 is 2.26 bits per heavy atom. The minimum Gasteiger partial charge on any atom is -0.487 e. The molecule has 0 aromatic heterocycles. The molecule has 4 rings (SSSR count). The molecule has 2 heterocycles. The average molecular weight is 365 g/mol. The molecule has 2 fully saturated rings. The number of ether oxygens (including phenoxy) is 1. The Morgan fingerprint density at radius 2 is 1.56 bits per heavy atom. The van der Waals surface area contributed by atoms with E-state index in [-0.39, 0.29) is 0 Å². The van der Waals surface area contributed by atoms with E-state index >= 15 is 0 Å². The summed E-state index contributed by atoms with van der Waals surface area (Å²) in [7, 11) is 0. The van der Waals surface area contributed by atoms with Gasteiger partial charge in [0.2, 0.25) is 0 Å². The van der Waals surface area contributed by atoms with Crippen molar-refractivity contribution in [3.63, 3.8) is 0 Å². The highest BCUT2D eigenvalue weighted by atomic mass is 16.5. The van der Waals surface area contributed by atoms with Gasteiger partial charge in [0.25, 0.3) is 0 Å². The first-order valence-corrected chi connectivity index (χ1v) is 10.4. The van der Waals surface area contributed by atoms with Crippen LogP contribution < -0.4 is 14.5 Å². The van der Waals surface area contributed by atoms with Crippen molar-refractivity contribution in [2.45, 2.75) is 46.1 Å². The molecular weight excluding hydrogens is 332 g/mol. The van der Waals surface area contributed by atoms with Crippen molar-refractivity contribution in [3.8, 4) is 5.75 Å². The summed E-state index contributed by atoms with van der Waals surface area (Å²) in [5.41, 5.74) is 4.28. The van der Waals surface area contributed by atoms with Gasteiger partial charge in [-0.1, -0.05) is 44.2 Å². The number of rotatable bonds is 5. The number of nitrogens with zero attached hydrogens (tertiary/aromatic N) is 2. The minimum atomic E-state index is 0.453. The van der Waals surface area contributed by atoms with E-state index in [1.165, 1.54) is 55.7 Å². The van der Waals surface area contributed by atoms with E-state index in [9.17, 15) is 0 Å². The lowest BCUT2D eigenvalue weighted by Gasteiger charge is -2.39. The summed E-state index contributed by atoms with van der Waals surface area (Å²) < 4.78 is 6.29. The van der Waals surface area contributed by atoms with Crippen LogP contribution in [0, 0.1) is 5.41 Å². The molecule has 2 aliphatic rings. The highest BCUT2D eigenvalue weighted by Gasteiger charge is 2.27. The lowest BCUT2D eigenvalue weighted by atomic mass is 9.82. The molecule has 2 saturated heterocycles. The van der Waals surface area contributed by atoms with Crippen LogP contribution in [-0.4, -0.2) is 26.2 Å². The van der Waals surface area contributed by atoms with Crippen molar-refractivity contribution in [3.05, 3.63) is 54.1 Å². The van der Waals surface area contributed by atoms with Gasteiger partial charge in [-0.25, -0.2) is 0 Å². The molecule has 2 aromatic carbocycles. The zero-order valence-corrected chi connectivity index (χ0v) is 16.8. The van der Waals surface area contributed by atoms with Crippen molar-refractivity contribution in [2.24, 2.45) is 5.41 Å². The smallest absolute Gasteiger partial charge is 0.143 e. The van der Waals surface area contributed by atoms with Crippen LogP contribution in [0.15, 0.2) is 48.5 Å². The molecule has 0 spiro atoms. The molecule has 144 valence electrons. The molecule has 0 atom stereocenters. The first-order chi connectivity index (χ1) is 13.1. The van der Waals surface area contributed by atoms with E-state index in [0.717, 1.165) is 18.8 Å². The number of hydrogen-bond acceptors (Lipinski definition) is 3. The molecule has 0 unspecified atom stereocenters. The van der Waals surface area contributed by atoms with E-state index in [4.69, 9.17) is 4.74 Å². The van der Waals surface area contributed by atoms with Gasteiger partial charge >= 0.3 is 0 Å². The standard InChI is InChI=1S/C24H32N2O/c1-24(2)12-16-26(17-13-24)22-18-21(25-14-6-7-15-25)10-11-23(22)27-19-20-8-4-3-5-9-20/h3-5,8-11,18H,6-7,12-17,19H2,1-2H3. The van der Waals surface area contributed by atoms with E-state index in [1.54, 1.807) is 0 Å². The fourth-order valence-electron chi connectivity index (χ4n) is 4.14. The van der Waals surface area contributed by atoms with Crippen molar-refractivity contribution in [1.29, 1.82) is 0 Å². The van der Waals surface area contributed by atoms with Crippen LogP contribution in [0.4, 0.5) is 11.4 Å². The molecule has 0 aliphatic carbocycles. The van der Waals surface area contributed by atoms with E-state index in [2.05, 4.69) is 72.2 Å². The first-order valence-electron chi connectivity index (χ1n) is 10.4. The fraction of sp³-hybridized carbons (Fsp3) is 0.500. The van der Waals surface area contributed by atoms with Gasteiger partial charge in [-0.3, -0.25) is 0 Å². The third kappa shape index (κ3) is 4.40. The van der Waals surface area contributed by atoms with Gasteiger partial charge in [0, 0.05) is 31.9 Å². The van der Waals surface area contributed by atoms with Crippen molar-refractivity contribution in [2.75, 3.05) is 36.0 Å². The monoisotopic (exact) mass is 364 g/mol. The Labute approximate surface area is 163 Å². The maximum atomic E-state index is 6.29. The average Bonchev–Trinajstić information content (AvgIpc) is 3.22. The summed E-state index contributed by atoms with van der Waals surface area (Å²) in [6.45, 7) is 9.97. The second-order valence-electron chi connectivity index (χ2n) is 8.77. The van der Waals surface area contributed by atoms with Gasteiger partial charge in [-0.05, 0) is 54.9 Å². The van der Waals surface area contributed by atoms with E-state index in [0.29, 0.717) is 12.0 Å². The number of benzene rings is 2. The molecule has 2 aliphatic heterocycles. The van der Waals surface area contributed by atoms with E-state index < -0.39 is 0 Å². The summed E-state index contributed by atoms with van der Waals surface area (Å²) >= 11 is 0. The van der Waals surface area contributed by atoms with Crippen LogP contribution in [0.1, 0.15) is 45.1 Å². The largest absolute Gasteiger partial charge is 0.487 e. The van der Waals surface area contributed by atoms with Crippen molar-refractivity contribution < 1.29 is 4.74 Å². The summed E-state index contributed by atoms with van der Waals surface area (Å²) in [5.74, 6) is 1.02. The second-order valence-corrected chi connectivity index (χ2v) is 8.77. The Bertz CT molecular complexity index is 740. The maximum Gasteiger partial charge on any atom is 0.143 e. The van der Waals surface area contributed by atoms with Gasteiger partial charge in [0.1, 0.15) is 12.4 Å². The van der Waals surface area contributed by atoms with Crippen LogP contribution in [0.25, 0.3) is 0 Å². The van der Waals surface area contributed by atoms with E-state index in [1.807, 2.05) is 0 Å². The first kappa shape index (κ1) is 18.2. The molecular formula is C24H32N2O. The van der Waals surface area contributed by atoms with Crippen molar-refractivity contribution >= 4 is 11.4 Å². The zero-order chi connectivity index (χ0) is 18.7. The third-order valence-corrected chi connectivity index (χ3v) is 6.11. The third-order valence-electron chi connectivity index (χ3n) is 6.11. The number of hydrogen-bond donors (Lipinski definition) is 0. The Hall–Kier alpha value is -2.16. The predicted octanol–water partition coefficient (Wildman–Crippen LogP) is 5.49. The molecule has 3 nitrogen and oxygen atoms in total. The molecule has 0 amide bonds. The molecule has 3 heteroatoms. The highest BCUT2D eigenvalue weighted by molar-refractivity contribution is 5.67. The van der Waals surface area contributed by atoms with Crippen LogP contribution in [0.3, 0.4) is 0 Å². The highest BCUT2D eigenvalue weighted by Crippen LogP contribution is 2.39. The SMILES string of the molecule is CC1(C)CCN(c2cc(N3CCCC3)ccc2OCc2ccccc2)CC1. The lowest BCUT2D eigenvalue weighted by Crippen LogP contribution is -2.37. The van der Waals surface area contributed by atoms with Crippen LogP contribution in [-0.2, 0) is 6.61 Å². The summed E-state index contributed by atoms with van der Waals surface area (Å²) in [6, 6.07) is 17.2. The quantitative estimate of drug-likeness (QED) is 0.697. The topological polar surface area (TPSA) is 15.7 Å². The molecule has 0 saturated carbocycles. The van der Waals surface area contributed by atoms with Crippen molar-refractivity contribution in [1.82, 2.24) is 0 Å². The van der Waals surface area contributed by atoms with Gasteiger partial charge in [0.05, 0.1) is 5.69 Å². The number of piperidine rings is 1. The minimum absolute atomic E-state index is 0.453. The molecule has 0 N–H and O–H groups in total. The normalized spacial score (nSPS) is 19.3. The summed E-state index contributed by atoms with van der Waals surface area (Å²) in [4.78, 5) is 5.05. The Morgan fingerprint density at radius 1 is 0.852 bits per heavy atom. The summed E-state index contributed by atoms with van der Waals surface area (Å²) in [5, 5.41) is 0. The molecule has 0 bridgehead atoms. The zero-order valence-electron chi connectivity index (χ0n) is 16.8.